The minimum atomic E-state index is 0.598. The van der Waals surface area contributed by atoms with E-state index in [9.17, 15) is 0 Å². The van der Waals surface area contributed by atoms with Crippen molar-refractivity contribution in [3.8, 4) is 0 Å². The smallest absolute Gasteiger partial charge is 0.0543 e. The number of para-hydroxylation sites is 1. The van der Waals surface area contributed by atoms with Gasteiger partial charge in [0.05, 0.1) is 5.69 Å². The van der Waals surface area contributed by atoms with Gasteiger partial charge in [-0.25, -0.2) is 0 Å². The zero-order chi connectivity index (χ0) is 31.6. The highest BCUT2D eigenvalue weighted by Crippen LogP contribution is 2.50. The van der Waals surface area contributed by atoms with Gasteiger partial charge in [0.2, 0.25) is 0 Å². The highest BCUT2D eigenvalue weighted by Gasteiger charge is 2.26. The molecule has 1 heterocycles. The van der Waals surface area contributed by atoms with Crippen LogP contribution in [0.2, 0.25) is 0 Å². The van der Waals surface area contributed by atoms with Gasteiger partial charge in [-0.05, 0) is 118 Å². The maximum Gasteiger partial charge on any atom is 0.0543 e. The van der Waals surface area contributed by atoms with Crippen LogP contribution in [0.25, 0.3) is 52.5 Å². The van der Waals surface area contributed by atoms with Gasteiger partial charge in [0, 0.05) is 36.9 Å². The van der Waals surface area contributed by atoms with E-state index < -0.39 is 0 Å². The van der Waals surface area contributed by atoms with Crippen molar-refractivity contribution in [1.29, 1.82) is 0 Å². The molecule has 2 aliphatic carbocycles. The Hall–Kier alpha value is -4.40. The predicted molar refractivity (Wildman–Crippen MR) is 209 cm³/mol. The van der Waals surface area contributed by atoms with Crippen molar-refractivity contribution < 1.29 is 0 Å². The standard InChI is InChI=1S/C46H41NS/c1-4-12-30(13-5-1)35-23-20-32-21-24-38-40(31-14-6-2-7-15-31)29-42(39-26-25-37(35)45(32)46(38)39)47(33-16-8-3-9-17-33)34-22-27-44-41(28-34)36-18-10-11-19-43(36)48-44/h3,8-11,16-31H,1-2,4-7,12-15H2. The SMILES string of the molecule is c1ccc(N(c2ccc3sc4ccccc4c3c2)c2cc(C3CCCCC3)c3ccc4ccc(C5CCCCC5)c5ccc2c3c45)cc1. The molecule has 2 fully saturated rings. The van der Waals surface area contributed by atoms with Gasteiger partial charge in [-0.2, -0.15) is 0 Å². The Morgan fingerprint density at radius 3 is 1.90 bits per heavy atom. The van der Waals surface area contributed by atoms with Crippen LogP contribution in [0.1, 0.15) is 87.2 Å². The summed E-state index contributed by atoms with van der Waals surface area (Å²) in [7, 11) is 0. The summed E-state index contributed by atoms with van der Waals surface area (Å²) < 4.78 is 2.70. The second kappa shape index (κ2) is 11.6. The molecule has 7 aromatic carbocycles. The van der Waals surface area contributed by atoms with Crippen molar-refractivity contribution in [1.82, 2.24) is 0 Å². The van der Waals surface area contributed by atoms with Gasteiger partial charge in [-0.3, -0.25) is 0 Å². The van der Waals surface area contributed by atoms with Gasteiger partial charge in [0.15, 0.2) is 0 Å². The van der Waals surface area contributed by atoms with Crippen LogP contribution in [0.5, 0.6) is 0 Å². The van der Waals surface area contributed by atoms with Crippen LogP contribution in [0.15, 0.2) is 115 Å². The fraction of sp³-hybridized carbons (Fsp3) is 0.261. The molecular formula is C46H41NS. The third-order valence-electron chi connectivity index (χ3n) is 11.8. The summed E-state index contributed by atoms with van der Waals surface area (Å²) in [5.41, 5.74) is 6.88. The largest absolute Gasteiger partial charge is 0.310 e. The Morgan fingerprint density at radius 1 is 0.438 bits per heavy atom. The van der Waals surface area contributed by atoms with E-state index in [2.05, 4.69) is 120 Å². The molecule has 0 amide bonds. The minimum Gasteiger partial charge on any atom is -0.310 e. The summed E-state index contributed by atoms with van der Waals surface area (Å²) in [6.45, 7) is 0. The van der Waals surface area contributed by atoms with Crippen molar-refractivity contribution in [2.45, 2.75) is 76.0 Å². The first-order valence-electron chi connectivity index (χ1n) is 18.3. The fourth-order valence-corrected chi connectivity index (χ4v) is 10.6. The third kappa shape index (κ3) is 4.56. The molecule has 0 spiro atoms. The van der Waals surface area contributed by atoms with Crippen LogP contribution < -0.4 is 4.90 Å². The number of thiophene rings is 1. The number of nitrogens with zero attached hydrogens (tertiary/aromatic N) is 1. The summed E-state index contributed by atoms with van der Waals surface area (Å²) in [6.07, 6.45) is 13.4. The molecule has 0 bridgehead atoms. The van der Waals surface area contributed by atoms with Crippen LogP contribution in [-0.2, 0) is 0 Å². The second-order valence-corrected chi connectivity index (χ2v) is 15.6. The lowest BCUT2D eigenvalue weighted by atomic mass is 9.78. The maximum atomic E-state index is 2.60. The molecule has 2 heteroatoms. The minimum absolute atomic E-state index is 0.598. The lowest BCUT2D eigenvalue weighted by Crippen LogP contribution is -2.13. The lowest BCUT2D eigenvalue weighted by Gasteiger charge is -2.31. The summed E-state index contributed by atoms with van der Waals surface area (Å²) in [4.78, 5) is 2.56. The Balaban J connectivity index is 1.28. The van der Waals surface area contributed by atoms with E-state index in [4.69, 9.17) is 0 Å². The van der Waals surface area contributed by atoms with Gasteiger partial charge in [0.25, 0.3) is 0 Å². The molecule has 2 saturated carbocycles. The van der Waals surface area contributed by atoms with Crippen LogP contribution in [0.3, 0.4) is 0 Å². The van der Waals surface area contributed by atoms with Crippen molar-refractivity contribution >= 4 is 80.9 Å². The molecule has 0 unspecified atom stereocenters. The number of anilines is 3. The van der Waals surface area contributed by atoms with Crippen LogP contribution >= 0.6 is 11.3 Å². The topological polar surface area (TPSA) is 3.24 Å². The second-order valence-electron chi connectivity index (χ2n) is 14.5. The number of hydrogen-bond acceptors (Lipinski definition) is 2. The Morgan fingerprint density at radius 2 is 1.08 bits per heavy atom. The Labute approximate surface area is 287 Å². The molecule has 0 aliphatic heterocycles. The van der Waals surface area contributed by atoms with E-state index in [1.165, 1.54) is 134 Å². The van der Waals surface area contributed by atoms with E-state index in [0.29, 0.717) is 11.8 Å². The number of fused-ring (bicyclic) bond motifs is 3. The van der Waals surface area contributed by atoms with Crippen molar-refractivity contribution in [2.75, 3.05) is 4.90 Å². The van der Waals surface area contributed by atoms with E-state index in [-0.39, 0.29) is 0 Å². The van der Waals surface area contributed by atoms with E-state index in [0.717, 1.165) is 0 Å². The van der Waals surface area contributed by atoms with Crippen LogP contribution in [-0.4, -0.2) is 0 Å². The molecule has 1 aromatic heterocycles. The highest BCUT2D eigenvalue weighted by molar-refractivity contribution is 7.25. The zero-order valence-electron chi connectivity index (χ0n) is 27.6. The first-order valence-corrected chi connectivity index (χ1v) is 19.1. The average molecular weight is 640 g/mol. The van der Waals surface area contributed by atoms with E-state index >= 15 is 0 Å². The van der Waals surface area contributed by atoms with E-state index in [1.807, 2.05) is 11.3 Å². The number of hydrogen-bond donors (Lipinski definition) is 0. The maximum absolute atomic E-state index is 2.60. The first-order chi connectivity index (χ1) is 23.8. The number of rotatable bonds is 5. The monoisotopic (exact) mass is 639 g/mol. The molecule has 0 N–H and O–H groups in total. The fourth-order valence-electron chi connectivity index (χ4n) is 9.49. The average Bonchev–Trinajstić information content (AvgIpc) is 3.53. The highest BCUT2D eigenvalue weighted by atomic mass is 32.1. The van der Waals surface area contributed by atoms with Crippen molar-refractivity contribution in [2.24, 2.45) is 0 Å². The van der Waals surface area contributed by atoms with Crippen LogP contribution in [0, 0.1) is 0 Å². The lowest BCUT2D eigenvalue weighted by molar-refractivity contribution is 0.445. The molecular weight excluding hydrogens is 599 g/mol. The van der Waals surface area contributed by atoms with Gasteiger partial charge in [0.1, 0.15) is 0 Å². The quantitative estimate of drug-likeness (QED) is 0.169. The summed E-state index contributed by atoms with van der Waals surface area (Å²) in [6, 6.07) is 44.5. The molecule has 10 rings (SSSR count). The third-order valence-corrected chi connectivity index (χ3v) is 12.9. The molecule has 8 aromatic rings. The molecule has 1 nitrogen and oxygen atoms in total. The molecule has 0 saturated heterocycles. The molecule has 236 valence electrons. The molecule has 0 atom stereocenters. The van der Waals surface area contributed by atoms with Crippen molar-refractivity contribution in [3.05, 3.63) is 126 Å². The number of benzene rings is 7. The van der Waals surface area contributed by atoms with Gasteiger partial charge in [-0.1, -0.05) is 111 Å². The van der Waals surface area contributed by atoms with Crippen molar-refractivity contribution in [3.63, 3.8) is 0 Å². The van der Waals surface area contributed by atoms with Crippen LogP contribution in [0.4, 0.5) is 17.1 Å². The summed E-state index contributed by atoms with van der Waals surface area (Å²) in [5.74, 6) is 1.27. The van der Waals surface area contributed by atoms with Gasteiger partial charge in [-0.15, -0.1) is 11.3 Å². The normalized spacial score (nSPS) is 16.6. The predicted octanol–water partition coefficient (Wildman–Crippen LogP) is 14.5. The zero-order valence-corrected chi connectivity index (χ0v) is 28.4. The van der Waals surface area contributed by atoms with E-state index in [1.54, 1.807) is 11.1 Å². The molecule has 0 radical (unpaired) electrons. The summed E-state index contributed by atoms with van der Waals surface area (Å²) in [5, 5.41) is 11.4. The van der Waals surface area contributed by atoms with Gasteiger partial charge < -0.3 is 4.90 Å². The summed E-state index contributed by atoms with van der Waals surface area (Å²) >= 11 is 1.90. The first kappa shape index (κ1) is 28.6. The Kier molecular flexibility index (Phi) is 6.93. The Bertz CT molecular complexity index is 2420. The van der Waals surface area contributed by atoms with Gasteiger partial charge >= 0.3 is 0 Å². The molecule has 48 heavy (non-hydrogen) atoms. The molecule has 2 aliphatic rings.